The van der Waals surface area contributed by atoms with Gasteiger partial charge in [-0.3, -0.25) is 0 Å². The van der Waals surface area contributed by atoms with E-state index in [1.807, 2.05) is 0 Å². The lowest BCUT2D eigenvalue weighted by Gasteiger charge is -2.07. The molecule has 0 fully saturated rings. The molecule has 1 N–H and O–H groups in total. The second-order valence-electron chi connectivity index (χ2n) is 3.82. The first-order valence-corrected chi connectivity index (χ1v) is 5.29. The molecule has 0 atom stereocenters. The van der Waals surface area contributed by atoms with E-state index in [0.29, 0.717) is 10.7 Å². The molecule has 0 amide bonds. The summed E-state index contributed by atoms with van der Waals surface area (Å²) in [7, 11) is 0. The van der Waals surface area contributed by atoms with E-state index in [2.05, 4.69) is 10.3 Å². The molecule has 106 valence electrons. The van der Waals surface area contributed by atoms with Crippen LogP contribution in [0.3, 0.4) is 0 Å². The Bertz CT molecular complexity index is 657. The van der Waals surface area contributed by atoms with Gasteiger partial charge in [-0.25, -0.2) is 27.0 Å². The lowest BCUT2D eigenvalue weighted by molar-refractivity contribution is 0.0675. The van der Waals surface area contributed by atoms with Crippen LogP contribution in [0.1, 0.15) is 28.2 Å². The summed E-state index contributed by atoms with van der Waals surface area (Å²) in [5.74, 6) is -3.42. The van der Waals surface area contributed by atoms with E-state index in [1.54, 1.807) is 0 Å². The number of carbonyl (C=O) groups is 1. The van der Waals surface area contributed by atoms with Crippen molar-refractivity contribution in [3.8, 4) is 0 Å². The van der Waals surface area contributed by atoms with Crippen molar-refractivity contribution in [3.63, 3.8) is 0 Å². The number of benzene rings is 1. The van der Waals surface area contributed by atoms with Crippen molar-refractivity contribution >= 4 is 5.97 Å². The highest BCUT2D eigenvalue weighted by atomic mass is 19.3. The average Bonchev–Trinajstić information content (AvgIpc) is 2.76. The van der Waals surface area contributed by atoms with Crippen LogP contribution in [0, 0.1) is 11.6 Å². The number of rotatable bonds is 4. The average molecular weight is 289 g/mol. The monoisotopic (exact) mass is 289 g/mol. The van der Waals surface area contributed by atoms with Crippen LogP contribution >= 0.6 is 0 Å². The van der Waals surface area contributed by atoms with E-state index in [9.17, 15) is 22.4 Å². The summed E-state index contributed by atoms with van der Waals surface area (Å²) >= 11 is 0. The van der Waals surface area contributed by atoms with Gasteiger partial charge in [-0.2, -0.15) is 0 Å². The summed E-state index contributed by atoms with van der Waals surface area (Å²) in [4.78, 5) is 10.7. The first-order valence-electron chi connectivity index (χ1n) is 5.29. The minimum absolute atomic E-state index is 0.116. The highest BCUT2D eigenvalue weighted by Gasteiger charge is 2.26. The highest BCUT2D eigenvalue weighted by Crippen LogP contribution is 2.22. The van der Waals surface area contributed by atoms with Crippen molar-refractivity contribution in [2.45, 2.75) is 13.0 Å². The first-order chi connectivity index (χ1) is 9.40. The van der Waals surface area contributed by atoms with Crippen LogP contribution in [-0.2, 0) is 6.54 Å². The molecule has 9 heteroatoms. The van der Waals surface area contributed by atoms with Crippen LogP contribution < -0.4 is 0 Å². The number of nitrogens with zero attached hydrogens (tertiary/aromatic N) is 3. The molecule has 0 aliphatic rings. The standard InChI is InChI=1S/C11H7F4N3O2/c12-6-2-1-5(7(13)3-6)4-18-9(10(14)15)8(11(19)20)16-17-18/h1-3,10H,4H2,(H,19,20). The van der Waals surface area contributed by atoms with Gasteiger partial charge in [0.05, 0.1) is 6.54 Å². The van der Waals surface area contributed by atoms with Gasteiger partial charge in [0.25, 0.3) is 6.43 Å². The molecule has 1 aromatic carbocycles. The van der Waals surface area contributed by atoms with Gasteiger partial charge in [0.1, 0.15) is 17.3 Å². The lowest BCUT2D eigenvalue weighted by atomic mass is 10.2. The Balaban J connectivity index is 2.41. The zero-order chi connectivity index (χ0) is 14.9. The summed E-state index contributed by atoms with van der Waals surface area (Å²) in [5, 5.41) is 15.1. The molecule has 0 aliphatic heterocycles. The smallest absolute Gasteiger partial charge is 0.358 e. The SMILES string of the molecule is O=C(O)c1nnn(Cc2ccc(F)cc2F)c1C(F)F. The van der Waals surface area contributed by atoms with E-state index in [1.165, 1.54) is 0 Å². The Morgan fingerprint density at radius 1 is 1.35 bits per heavy atom. The van der Waals surface area contributed by atoms with E-state index >= 15 is 0 Å². The van der Waals surface area contributed by atoms with Crippen molar-refractivity contribution in [1.82, 2.24) is 15.0 Å². The molecule has 0 aliphatic carbocycles. The molecule has 0 spiro atoms. The number of halogens is 4. The fourth-order valence-corrected chi connectivity index (χ4v) is 1.62. The van der Waals surface area contributed by atoms with E-state index < -0.39 is 42.0 Å². The molecule has 0 radical (unpaired) electrons. The number of hydrogen-bond acceptors (Lipinski definition) is 3. The maximum atomic E-state index is 13.4. The first kappa shape index (κ1) is 14.0. The van der Waals surface area contributed by atoms with Gasteiger partial charge in [0, 0.05) is 11.6 Å². The number of aromatic nitrogens is 3. The van der Waals surface area contributed by atoms with Crippen LogP contribution in [0.25, 0.3) is 0 Å². The lowest BCUT2D eigenvalue weighted by Crippen LogP contribution is -2.11. The molecule has 0 unspecified atom stereocenters. The summed E-state index contributed by atoms with van der Waals surface area (Å²) in [6.45, 7) is -0.480. The second kappa shape index (κ2) is 5.27. The van der Waals surface area contributed by atoms with Crippen molar-refractivity contribution in [1.29, 1.82) is 0 Å². The third-order valence-electron chi connectivity index (χ3n) is 2.52. The Morgan fingerprint density at radius 3 is 2.60 bits per heavy atom. The van der Waals surface area contributed by atoms with Gasteiger partial charge in [0.15, 0.2) is 5.69 Å². The zero-order valence-corrected chi connectivity index (χ0v) is 9.73. The quantitative estimate of drug-likeness (QED) is 0.876. The third kappa shape index (κ3) is 2.60. The topological polar surface area (TPSA) is 68.0 Å². The molecule has 1 heterocycles. The van der Waals surface area contributed by atoms with Crippen LogP contribution in [0.2, 0.25) is 0 Å². The number of carboxylic acids is 1. The molecule has 2 rings (SSSR count). The van der Waals surface area contributed by atoms with Crippen molar-refractivity contribution in [2.75, 3.05) is 0 Å². The fourth-order valence-electron chi connectivity index (χ4n) is 1.62. The molecule has 0 bridgehead atoms. The second-order valence-corrected chi connectivity index (χ2v) is 3.82. The maximum absolute atomic E-state index is 13.4. The number of carboxylic acid groups (broad SMARTS) is 1. The Morgan fingerprint density at radius 2 is 2.05 bits per heavy atom. The van der Waals surface area contributed by atoms with Gasteiger partial charge in [0.2, 0.25) is 0 Å². The van der Waals surface area contributed by atoms with Crippen LogP contribution in [0.5, 0.6) is 0 Å². The van der Waals surface area contributed by atoms with E-state index in [4.69, 9.17) is 5.11 Å². The highest BCUT2D eigenvalue weighted by molar-refractivity contribution is 5.86. The molecule has 20 heavy (non-hydrogen) atoms. The molecular formula is C11H7F4N3O2. The normalized spacial score (nSPS) is 11.1. The maximum Gasteiger partial charge on any atom is 0.358 e. The van der Waals surface area contributed by atoms with Gasteiger partial charge >= 0.3 is 5.97 Å². The molecule has 0 saturated heterocycles. The third-order valence-corrected chi connectivity index (χ3v) is 2.52. The fraction of sp³-hybridized carbons (Fsp3) is 0.182. The summed E-state index contributed by atoms with van der Waals surface area (Å²) in [6, 6.07) is 2.60. The van der Waals surface area contributed by atoms with Gasteiger partial charge in [-0.1, -0.05) is 11.3 Å². The number of hydrogen-bond donors (Lipinski definition) is 1. The van der Waals surface area contributed by atoms with Crippen molar-refractivity contribution < 1.29 is 27.5 Å². The minimum Gasteiger partial charge on any atom is -0.476 e. The van der Waals surface area contributed by atoms with Gasteiger partial charge in [-0.05, 0) is 6.07 Å². The molecule has 1 aromatic heterocycles. The summed E-state index contributed by atoms with van der Waals surface area (Å²) < 4.78 is 52.4. The zero-order valence-electron chi connectivity index (χ0n) is 9.73. The van der Waals surface area contributed by atoms with Crippen LogP contribution in [0.15, 0.2) is 18.2 Å². The summed E-state index contributed by atoms with van der Waals surface area (Å²) in [6.07, 6.45) is -3.14. The largest absolute Gasteiger partial charge is 0.476 e. The van der Waals surface area contributed by atoms with Crippen molar-refractivity contribution in [2.24, 2.45) is 0 Å². The Kier molecular flexibility index (Phi) is 3.68. The van der Waals surface area contributed by atoms with Gasteiger partial charge < -0.3 is 5.11 Å². The Hall–Kier alpha value is -2.45. The number of aromatic carboxylic acids is 1. The minimum atomic E-state index is -3.14. The molecule has 5 nitrogen and oxygen atoms in total. The van der Waals surface area contributed by atoms with Crippen LogP contribution in [0.4, 0.5) is 17.6 Å². The Labute approximate surface area is 109 Å². The van der Waals surface area contributed by atoms with Gasteiger partial charge in [-0.15, -0.1) is 5.10 Å². The van der Waals surface area contributed by atoms with Crippen molar-refractivity contribution in [3.05, 3.63) is 46.8 Å². The predicted molar refractivity (Wildman–Crippen MR) is 57.4 cm³/mol. The molecule has 2 aromatic rings. The molecular weight excluding hydrogens is 282 g/mol. The van der Waals surface area contributed by atoms with Crippen LogP contribution in [-0.4, -0.2) is 26.1 Å². The molecule has 0 saturated carbocycles. The van der Waals surface area contributed by atoms with E-state index in [0.717, 1.165) is 12.1 Å². The van der Waals surface area contributed by atoms with E-state index in [-0.39, 0.29) is 5.56 Å². The summed E-state index contributed by atoms with van der Waals surface area (Å²) in [5.41, 5.74) is -1.95. The predicted octanol–water partition coefficient (Wildman–Crippen LogP) is 2.24. The number of alkyl halides is 2.